The molecule has 1 aromatic rings. The van der Waals surface area contributed by atoms with E-state index in [4.69, 9.17) is 4.74 Å². The maximum Gasteiger partial charge on any atom is 0.228 e. The smallest absolute Gasteiger partial charge is 0.228 e. The third-order valence-electron chi connectivity index (χ3n) is 4.48. The molecule has 2 aliphatic carbocycles. The minimum atomic E-state index is 0.167. The van der Waals surface area contributed by atoms with Crippen molar-refractivity contribution < 1.29 is 9.53 Å². The number of amides is 1. The third-order valence-corrected chi connectivity index (χ3v) is 4.48. The SMILES string of the molecule is CCOc1ccc(NC(=O)[C@@H]2[C@H]3/C=C\CCCC[C@H]32)cc1. The molecule has 0 bridgehead atoms. The van der Waals surface area contributed by atoms with Gasteiger partial charge in [0, 0.05) is 11.6 Å². The third kappa shape index (κ3) is 3.29. The molecule has 3 heteroatoms. The summed E-state index contributed by atoms with van der Waals surface area (Å²) in [5.74, 6) is 2.20. The molecule has 0 saturated heterocycles. The molecule has 1 amide bonds. The van der Waals surface area contributed by atoms with E-state index in [1.807, 2.05) is 31.2 Å². The van der Waals surface area contributed by atoms with Gasteiger partial charge >= 0.3 is 0 Å². The largest absolute Gasteiger partial charge is 0.494 e. The van der Waals surface area contributed by atoms with Crippen LogP contribution in [-0.4, -0.2) is 12.5 Å². The van der Waals surface area contributed by atoms with Crippen LogP contribution in [0.4, 0.5) is 5.69 Å². The van der Waals surface area contributed by atoms with Crippen LogP contribution in [0.1, 0.15) is 32.6 Å². The average Bonchev–Trinajstić information content (AvgIpc) is 3.12. The fourth-order valence-corrected chi connectivity index (χ4v) is 3.33. The summed E-state index contributed by atoms with van der Waals surface area (Å²) >= 11 is 0. The normalized spacial score (nSPS) is 28.7. The van der Waals surface area contributed by atoms with Gasteiger partial charge in [-0.15, -0.1) is 0 Å². The molecule has 0 aliphatic heterocycles. The zero-order valence-corrected chi connectivity index (χ0v) is 12.5. The monoisotopic (exact) mass is 285 g/mol. The number of fused-ring (bicyclic) bond motifs is 1. The van der Waals surface area contributed by atoms with Gasteiger partial charge in [-0.1, -0.05) is 18.6 Å². The lowest BCUT2D eigenvalue weighted by molar-refractivity contribution is -0.117. The van der Waals surface area contributed by atoms with E-state index in [2.05, 4.69) is 17.5 Å². The highest BCUT2D eigenvalue weighted by atomic mass is 16.5. The zero-order chi connectivity index (χ0) is 14.7. The Hall–Kier alpha value is -1.77. The van der Waals surface area contributed by atoms with Crippen molar-refractivity contribution in [2.24, 2.45) is 17.8 Å². The Labute approximate surface area is 126 Å². The van der Waals surface area contributed by atoms with E-state index in [0.29, 0.717) is 18.4 Å². The van der Waals surface area contributed by atoms with E-state index in [0.717, 1.165) is 17.9 Å². The molecule has 21 heavy (non-hydrogen) atoms. The zero-order valence-electron chi connectivity index (χ0n) is 12.5. The van der Waals surface area contributed by atoms with E-state index >= 15 is 0 Å². The Morgan fingerprint density at radius 3 is 2.86 bits per heavy atom. The molecule has 0 unspecified atom stereocenters. The van der Waals surface area contributed by atoms with Crippen molar-refractivity contribution in [1.82, 2.24) is 0 Å². The number of allylic oxidation sites excluding steroid dienone is 2. The average molecular weight is 285 g/mol. The molecule has 2 aliphatic rings. The van der Waals surface area contributed by atoms with Crippen LogP contribution in [0.2, 0.25) is 0 Å². The Morgan fingerprint density at radius 1 is 1.29 bits per heavy atom. The second-order valence-corrected chi connectivity index (χ2v) is 5.93. The molecule has 3 atom stereocenters. The number of benzene rings is 1. The molecular formula is C18H23NO2. The van der Waals surface area contributed by atoms with Crippen molar-refractivity contribution in [1.29, 1.82) is 0 Å². The lowest BCUT2D eigenvalue weighted by atomic mass is 10.1. The quantitative estimate of drug-likeness (QED) is 0.849. The summed E-state index contributed by atoms with van der Waals surface area (Å²) in [4.78, 5) is 12.4. The van der Waals surface area contributed by atoms with Gasteiger partial charge in [0.25, 0.3) is 0 Å². The number of carbonyl (C=O) groups is 1. The van der Waals surface area contributed by atoms with Crippen molar-refractivity contribution >= 4 is 11.6 Å². The number of nitrogens with one attached hydrogen (secondary N) is 1. The van der Waals surface area contributed by atoms with Crippen LogP contribution in [0.15, 0.2) is 36.4 Å². The van der Waals surface area contributed by atoms with Gasteiger partial charge in [0.15, 0.2) is 0 Å². The Bertz CT molecular complexity index is 521. The summed E-state index contributed by atoms with van der Waals surface area (Å²) < 4.78 is 5.41. The van der Waals surface area contributed by atoms with Gasteiger partial charge in [-0.2, -0.15) is 0 Å². The summed E-state index contributed by atoms with van der Waals surface area (Å²) in [6.45, 7) is 2.62. The highest BCUT2D eigenvalue weighted by Crippen LogP contribution is 2.51. The number of anilines is 1. The molecule has 112 valence electrons. The van der Waals surface area contributed by atoms with Gasteiger partial charge in [0.2, 0.25) is 5.91 Å². The number of carbonyl (C=O) groups excluding carboxylic acids is 1. The van der Waals surface area contributed by atoms with Crippen LogP contribution < -0.4 is 10.1 Å². The van der Waals surface area contributed by atoms with Crippen molar-refractivity contribution in [3.63, 3.8) is 0 Å². The fraction of sp³-hybridized carbons (Fsp3) is 0.500. The van der Waals surface area contributed by atoms with Crippen LogP contribution in [0, 0.1) is 17.8 Å². The summed E-state index contributed by atoms with van der Waals surface area (Å²) in [6, 6.07) is 7.61. The van der Waals surface area contributed by atoms with Gasteiger partial charge in [0.1, 0.15) is 5.75 Å². The van der Waals surface area contributed by atoms with Crippen molar-refractivity contribution in [3.05, 3.63) is 36.4 Å². The van der Waals surface area contributed by atoms with Gasteiger partial charge in [-0.3, -0.25) is 4.79 Å². The van der Waals surface area contributed by atoms with E-state index in [9.17, 15) is 4.79 Å². The van der Waals surface area contributed by atoms with Crippen LogP contribution >= 0.6 is 0 Å². The Kier molecular flexibility index (Phi) is 4.28. The first kappa shape index (κ1) is 14.2. The van der Waals surface area contributed by atoms with Gasteiger partial charge in [0.05, 0.1) is 6.61 Å². The summed E-state index contributed by atoms with van der Waals surface area (Å²) in [6.07, 6.45) is 9.37. The first-order valence-electron chi connectivity index (χ1n) is 8.00. The summed E-state index contributed by atoms with van der Waals surface area (Å²) in [5, 5.41) is 3.04. The first-order chi connectivity index (χ1) is 10.3. The molecule has 1 N–H and O–H groups in total. The molecule has 0 aromatic heterocycles. The summed E-state index contributed by atoms with van der Waals surface area (Å²) in [5.41, 5.74) is 0.853. The number of ether oxygens (including phenoxy) is 1. The molecule has 0 heterocycles. The van der Waals surface area contributed by atoms with E-state index in [1.54, 1.807) is 0 Å². The molecule has 0 radical (unpaired) electrons. The van der Waals surface area contributed by atoms with Crippen LogP contribution in [0.25, 0.3) is 0 Å². The van der Waals surface area contributed by atoms with Gasteiger partial charge in [-0.05, 0) is 62.3 Å². The van der Waals surface area contributed by atoms with Gasteiger partial charge < -0.3 is 10.1 Å². The number of rotatable bonds is 4. The van der Waals surface area contributed by atoms with Crippen molar-refractivity contribution in [3.8, 4) is 5.75 Å². The molecule has 1 aromatic carbocycles. The van der Waals surface area contributed by atoms with Crippen molar-refractivity contribution in [2.45, 2.75) is 32.6 Å². The molecular weight excluding hydrogens is 262 g/mol. The summed E-state index contributed by atoms with van der Waals surface area (Å²) in [7, 11) is 0. The molecule has 1 fully saturated rings. The highest BCUT2D eigenvalue weighted by Gasteiger charge is 2.52. The molecule has 3 nitrogen and oxygen atoms in total. The van der Waals surface area contributed by atoms with Crippen LogP contribution in [0.3, 0.4) is 0 Å². The Morgan fingerprint density at radius 2 is 2.10 bits per heavy atom. The van der Waals surface area contributed by atoms with Crippen molar-refractivity contribution in [2.75, 3.05) is 11.9 Å². The second-order valence-electron chi connectivity index (χ2n) is 5.93. The van der Waals surface area contributed by atoms with E-state index < -0.39 is 0 Å². The minimum Gasteiger partial charge on any atom is -0.494 e. The fourth-order valence-electron chi connectivity index (χ4n) is 3.33. The van der Waals surface area contributed by atoms with E-state index in [-0.39, 0.29) is 11.8 Å². The van der Waals surface area contributed by atoms with Crippen LogP contribution in [-0.2, 0) is 4.79 Å². The molecule has 3 rings (SSSR count). The van der Waals surface area contributed by atoms with Crippen LogP contribution in [0.5, 0.6) is 5.75 Å². The highest BCUT2D eigenvalue weighted by molar-refractivity contribution is 5.95. The topological polar surface area (TPSA) is 38.3 Å². The minimum absolute atomic E-state index is 0.167. The predicted molar refractivity (Wildman–Crippen MR) is 84.3 cm³/mol. The number of hydrogen-bond acceptors (Lipinski definition) is 2. The second kappa shape index (κ2) is 6.33. The standard InChI is InChI=1S/C18H23NO2/c1-2-21-14-11-9-13(10-12-14)19-18(20)17-15-7-5-3-4-6-8-16(15)17/h5,7,9-12,15-17H,2-4,6,8H2,1H3,(H,19,20)/b7-5-/t15-,16+,17+/m0/s1. The maximum absolute atomic E-state index is 12.4. The Balaban J connectivity index is 1.59. The lowest BCUT2D eigenvalue weighted by Gasteiger charge is -2.07. The first-order valence-corrected chi connectivity index (χ1v) is 8.00. The van der Waals surface area contributed by atoms with Gasteiger partial charge in [-0.25, -0.2) is 0 Å². The maximum atomic E-state index is 12.4. The molecule has 1 saturated carbocycles. The lowest BCUT2D eigenvalue weighted by Crippen LogP contribution is -2.15. The number of hydrogen-bond donors (Lipinski definition) is 1. The predicted octanol–water partition coefficient (Wildman–Crippen LogP) is 4.02. The molecule has 0 spiro atoms. The van der Waals surface area contributed by atoms with E-state index in [1.165, 1.54) is 19.3 Å².